The molecule has 1 aliphatic rings. The SMILES string of the molecule is O=C(Cc1ccc2c(c1)OCCO2)OCc1nc(-c2cccc(Br)c2)no1. The fourth-order valence-corrected chi connectivity index (χ4v) is 3.02. The van der Waals surface area contributed by atoms with Crippen molar-refractivity contribution in [1.29, 1.82) is 0 Å². The molecule has 0 saturated heterocycles. The highest BCUT2D eigenvalue weighted by Crippen LogP contribution is 2.31. The maximum atomic E-state index is 12.1. The van der Waals surface area contributed by atoms with Gasteiger partial charge in [-0.15, -0.1) is 0 Å². The van der Waals surface area contributed by atoms with Gasteiger partial charge in [-0.3, -0.25) is 4.79 Å². The van der Waals surface area contributed by atoms with Gasteiger partial charge >= 0.3 is 5.97 Å². The number of halogens is 1. The number of aromatic nitrogens is 2. The lowest BCUT2D eigenvalue weighted by atomic mass is 10.1. The Morgan fingerprint density at radius 1 is 1.11 bits per heavy atom. The molecule has 138 valence electrons. The Labute approximate surface area is 163 Å². The summed E-state index contributed by atoms with van der Waals surface area (Å²) >= 11 is 3.40. The number of benzene rings is 2. The van der Waals surface area contributed by atoms with Crippen molar-refractivity contribution in [3.05, 3.63) is 58.4 Å². The number of nitrogens with zero attached hydrogens (tertiary/aromatic N) is 2. The Balaban J connectivity index is 1.34. The van der Waals surface area contributed by atoms with E-state index in [0.717, 1.165) is 15.6 Å². The highest BCUT2D eigenvalue weighted by atomic mass is 79.9. The van der Waals surface area contributed by atoms with Gasteiger partial charge in [0.05, 0.1) is 6.42 Å². The zero-order valence-corrected chi connectivity index (χ0v) is 15.8. The molecule has 0 bridgehead atoms. The number of rotatable bonds is 5. The second kappa shape index (κ2) is 7.79. The van der Waals surface area contributed by atoms with E-state index in [2.05, 4.69) is 26.1 Å². The molecule has 1 aliphatic heterocycles. The van der Waals surface area contributed by atoms with Crippen LogP contribution in [-0.4, -0.2) is 29.3 Å². The summed E-state index contributed by atoms with van der Waals surface area (Å²) in [5.74, 6) is 1.61. The predicted octanol–water partition coefficient (Wildman–Crippen LogP) is 3.56. The maximum absolute atomic E-state index is 12.1. The van der Waals surface area contributed by atoms with Gasteiger partial charge in [-0.1, -0.05) is 39.3 Å². The van der Waals surface area contributed by atoms with Gasteiger partial charge in [-0.2, -0.15) is 4.98 Å². The van der Waals surface area contributed by atoms with Gasteiger partial charge in [0.15, 0.2) is 18.1 Å². The molecule has 0 spiro atoms. The van der Waals surface area contributed by atoms with Crippen LogP contribution in [0.4, 0.5) is 0 Å². The van der Waals surface area contributed by atoms with E-state index in [9.17, 15) is 4.79 Å². The zero-order chi connectivity index (χ0) is 18.6. The van der Waals surface area contributed by atoms with Gasteiger partial charge in [-0.25, -0.2) is 0 Å². The fraction of sp³-hybridized carbons (Fsp3) is 0.211. The van der Waals surface area contributed by atoms with Crippen LogP contribution in [0.15, 0.2) is 51.5 Å². The third-order valence-corrected chi connectivity index (χ3v) is 4.36. The summed E-state index contributed by atoms with van der Waals surface area (Å²) < 4.78 is 22.3. The van der Waals surface area contributed by atoms with Crippen LogP contribution in [-0.2, 0) is 22.6 Å². The summed E-state index contributed by atoms with van der Waals surface area (Å²) in [6, 6.07) is 12.9. The first kappa shape index (κ1) is 17.5. The molecule has 0 radical (unpaired) electrons. The molecular weight excluding hydrogens is 416 g/mol. The Morgan fingerprint density at radius 2 is 1.96 bits per heavy atom. The molecule has 0 saturated carbocycles. The zero-order valence-electron chi connectivity index (χ0n) is 14.2. The van der Waals surface area contributed by atoms with Crippen molar-refractivity contribution in [2.75, 3.05) is 13.2 Å². The quantitative estimate of drug-likeness (QED) is 0.572. The first-order valence-corrected chi connectivity index (χ1v) is 9.09. The predicted molar refractivity (Wildman–Crippen MR) is 98.4 cm³/mol. The lowest BCUT2D eigenvalue weighted by Gasteiger charge is -2.18. The summed E-state index contributed by atoms with van der Waals surface area (Å²) in [4.78, 5) is 16.3. The largest absolute Gasteiger partial charge is 0.486 e. The van der Waals surface area contributed by atoms with E-state index in [1.54, 1.807) is 12.1 Å². The van der Waals surface area contributed by atoms with E-state index < -0.39 is 5.97 Å². The van der Waals surface area contributed by atoms with Gasteiger partial charge in [0.2, 0.25) is 5.82 Å². The Bertz CT molecular complexity index is 972. The van der Waals surface area contributed by atoms with E-state index >= 15 is 0 Å². The number of hydrogen-bond acceptors (Lipinski definition) is 7. The normalized spacial score (nSPS) is 12.6. The minimum Gasteiger partial charge on any atom is -0.486 e. The molecule has 0 fully saturated rings. The van der Waals surface area contributed by atoms with Gasteiger partial charge in [0.25, 0.3) is 5.89 Å². The van der Waals surface area contributed by atoms with Crippen molar-refractivity contribution in [2.24, 2.45) is 0 Å². The average molecular weight is 431 g/mol. The molecule has 0 unspecified atom stereocenters. The first-order chi connectivity index (χ1) is 13.2. The summed E-state index contributed by atoms with van der Waals surface area (Å²) in [5, 5.41) is 3.91. The van der Waals surface area contributed by atoms with E-state index in [4.69, 9.17) is 18.7 Å². The van der Waals surface area contributed by atoms with Crippen LogP contribution in [0.1, 0.15) is 11.5 Å². The van der Waals surface area contributed by atoms with Gasteiger partial charge in [-0.05, 0) is 29.8 Å². The number of hydrogen-bond donors (Lipinski definition) is 0. The summed E-state index contributed by atoms with van der Waals surface area (Å²) in [5.41, 5.74) is 1.59. The van der Waals surface area contributed by atoms with Gasteiger partial charge < -0.3 is 18.7 Å². The molecule has 2 aromatic carbocycles. The maximum Gasteiger partial charge on any atom is 0.310 e. The molecule has 27 heavy (non-hydrogen) atoms. The third-order valence-electron chi connectivity index (χ3n) is 3.86. The van der Waals surface area contributed by atoms with Crippen molar-refractivity contribution < 1.29 is 23.5 Å². The molecule has 0 atom stereocenters. The number of esters is 1. The van der Waals surface area contributed by atoms with Crippen LogP contribution in [0.2, 0.25) is 0 Å². The number of carbonyl (C=O) groups excluding carboxylic acids is 1. The topological polar surface area (TPSA) is 83.7 Å². The van der Waals surface area contributed by atoms with E-state index in [1.165, 1.54) is 0 Å². The smallest absolute Gasteiger partial charge is 0.310 e. The van der Waals surface area contributed by atoms with Gasteiger partial charge in [0.1, 0.15) is 13.2 Å². The summed E-state index contributed by atoms with van der Waals surface area (Å²) in [6.07, 6.45) is 0.114. The average Bonchev–Trinajstić information content (AvgIpc) is 3.15. The van der Waals surface area contributed by atoms with Crippen molar-refractivity contribution in [2.45, 2.75) is 13.0 Å². The van der Waals surface area contributed by atoms with Crippen molar-refractivity contribution in [1.82, 2.24) is 10.1 Å². The van der Waals surface area contributed by atoms with E-state index in [0.29, 0.717) is 30.5 Å². The second-order valence-corrected chi connectivity index (χ2v) is 6.75. The monoisotopic (exact) mass is 430 g/mol. The molecule has 0 N–H and O–H groups in total. The van der Waals surface area contributed by atoms with Crippen LogP contribution in [0.25, 0.3) is 11.4 Å². The summed E-state index contributed by atoms with van der Waals surface area (Å²) in [7, 11) is 0. The number of carbonyl (C=O) groups is 1. The van der Waals surface area contributed by atoms with Crippen LogP contribution < -0.4 is 9.47 Å². The molecule has 0 amide bonds. The van der Waals surface area contributed by atoms with Crippen LogP contribution in [0, 0.1) is 0 Å². The van der Waals surface area contributed by atoms with E-state index in [-0.39, 0.29) is 18.9 Å². The molecule has 4 rings (SSSR count). The highest BCUT2D eigenvalue weighted by Gasteiger charge is 2.15. The number of ether oxygens (including phenoxy) is 3. The molecular formula is C19H15BrN2O5. The first-order valence-electron chi connectivity index (χ1n) is 8.30. The van der Waals surface area contributed by atoms with E-state index in [1.807, 2.05) is 30.3 Å². The molecule has 7 nitrogen and oxygen atoms in total. The molecule has 2 heterocycles. The fourth-order valence-electron chi connectivity index (χ4n) is 2.62. The van der Waals surface area contributed by atoms with Crippen molar-refractivity contribution >= 4 is 21.9 Å². The van der Waals surface area contributed by atoms with Crippen LogP contribution >= 0.6 is 15.9 Å². The highest BCUT2D eigenvalue weighted by molar-refractivity contribution is 9.10. The minimum absolute atomic E-state index is 0.0790. The molecule has 8 heteroatoms. The molecule has 1 aromatic heterocycles. The Morgan fingerprint density at radius 3 is 2.81 bits per heavy atom. The summed E-state index contributed by atoms with van der Waals surface area (Å²) in [6.45, 7) is 0.948. The Kier molecular flexibility index (Phi) is 5.06. The third kappa shape index (κ3) is 4.28. The minimum atomic E-state index is -0.395. The van der Waals surface area contributed by atoms with Crippen LogP contribution in [0.3, 0.4) is 0 Å². The van der Waals surface area contributed by atoms with Gasteiger partial charge in [0, 0.05) is 10.0 Å². The van der Waals surface area contributed by atoms with Crippen molar-refractivity contribution in [3.8, 4) is 22.9 Å². The molecule has 0 aliphatic carbocycles. The lowest BCUT2D eigenvalue weighted by molar-refractivity contribution is -0.144. The van der Waals surface area contributed by atoms with Crippen molar-refractivity contribution in [3.63, 3.8) is 0 Å². The second-order valence-electron chi connectivity index (χ2n) is 5.84. The number of fused-ring (bicyclic) bond motifs is 1. The lowest BCUT2D eigenvalue weighted by Crippen LogP contribution is -2.16. The Hall–Kier alpha value is -2.87. The molecule has 3 aromatic rings. The van der Waals surface area contributed by atoms with Crippen LogP contribution in [0.5, 0.6) is 11.5 Å². The standard InChI is InChI=1S/C19H15BrN2O5/c20-14-3-1-2-13(10-14)19-21-17(27-22-19)11-26-18(23)9-12-4-5-15-16(8-12)25-7-6-24-15/h1-5,8,10H,6-7,9,11H2.